The third kappa shape index (κ3) is 3.42. The number of carbonyl (C=O) groups is 1. The van der Waals surface area contributed by atoms with Gasteiger partial charge in [-0.1, -0.05) is 30.3 Å². The number of para-hydroxylation sites is 3. The second kappa shape index (κ2) is 7.35. The maximum absolute atomic E-state index is 12.3. The quantitative estimate of drug-likeness (QED) is 0.779. The number of benzene rings is 2. The van der Waals surface area contributed by atoms with Gasteiger partial charge in [0, 0.05) is 31.9 Å². The van der Waals surface area contributed by atoms with Crippen molar-refractivity contribution >= 4 is 23.0 Å². The first-order valence-corrected chi connectivity index (χ1v) is 8.80. The molecule has 1 fully saturated rings. The summed E-state index contributed by atoms with van der Waals surface area (Å²) in [4.78, 5) is 17.0. The second-order valence-corrected chi connectivity index (χ2v) is 6.26. The average molecular weight is 347 g/mol. The van der Waals surface area contributed by atoms with Crippen LogP contribution in [0.25, 0.3) is 0 Å². The summed E-state index contributed by atoms with van der Waals surface area (Å²) in [6.45, 7) is 3.71. The van der Waals surface area contributed by atoms with E-state index >= 15 is 0 Å². The number of carbonyl (C=O) groups excluding carboxylic acids is 1. The number of nitrogens with one attached hydrogen (secondary N) is 1. The Morgan fingerprint density at radius 1 is 0.808 bits per heavy atom. The highest BCUT2D eigenvalue weighted by atomic mass is 16.3. The summed E-state index contributed by atoms with van der Waals surface area (Å²) >= 11 is 0. The van der Waals surface area contributed by atoms with Gasteiger partial charge in [0.05, 0.1) is 17.6 Å². The Morgan fingerprint density at radius 2 is 1.50 bits per heavy atom. The van der Waals surface area contributed by atoms with Crippen LogP contribution in [0.15, 0.2) is 77.4 Å². The van der Waals surface area contributed by atoms with Gasteiger partial charge in [-0.15, -0.1) is 0 Å². The molecule has 1 saturated heterocycles. The van der Waals surface area contributed by atoms with Crippen molar-refractivity contribution < 1.29 is 9.21 Å². The first-order valence-electron chi connectivity index (χ1n) is 8.80. The number of furan rings is 1. The van der Waals surface area contributed by atoms with E-state index in [1.165, 1.54) is 12.0 Å². The fraction of sp³-hybridized carbons (Fsp3) is 0.190. The zero-order valence-corrected chi connectivity index (χ0v) is 14.5. The summed E-state index contributed by atoms with van der Waals surface area (Å²) in [5, 5.41) is 2.97. The largest absolute Gasteiger partial charge is 0.459 e. The van der Waals surface area contributed by atoms with E-state index in [-0.39, 0.29) is 5.91 Å². The van der Waals surface area contributed by atoms with Crippen molar-refractivity contribution in [3.8, 4) is 0 Å². The monoisotopic (exact) mass is 347 g/mol. The van der Waals surface area contributed by atoms with Crippen LogP contribution in [0.4, 0.5) is 17.1 Å². The lowest BCUT2D eigenvalue weighted by Gasteiger charge is -2.38. The molecule has 1 aliphatic rings. The molecule has 5 nitrogen and oxygen atoms in total. The van der Waals surface area contributed by atoms with E-state index in [0.717, 1.165) is 37.6 Å². The Labute approximate surface area is 152 Å². The van der Waals surface area contributed by atoms with Gasteiger partial charge in [-0.05, 0) is 36.4 Å². The van der Waals surface area contributed by atoms with Crippen LogP contribution in [0.3, 0.4) is 0 Å². The topological polar surface area (TPSA) is 48.7 Å². The normalized spacial score (nSPS) is 14.3. The minimum absolute atomic E-state index is 0.231. The van der Waals surface area contributed by atoms with E-state index in [0.29, 0.717) is 5.76 Å². The molecule has 0 saturated carbocycles. The number of nitrogens with zero attached hydrogens (tertiary/aromatic N) is 2. The van der Waals surface area contributed by atoms with Gasteiger partial charge in [-0.25, -0.2) is 0 Å². The van der Waals surface area contributed by atoms with Gasteiger partial charge in [-0.2, -0.15) is 0 Å². The Bertz CT molecular complexity index is 854. The number of piperazine rings is 1. The van der Waals surface area contributed by atoms with Crippen molar-refractivity contribution in [3.05, 3.63) is 78.8 Å². The molecule has 1 amide bonds. The fourth-order valence-corrected chi connectivity index (χ4v) is 3.29. The lowest BCUT2D eigenvalue weighted by atomic mass is 10.2. The molecule has 0 atom stereocenters. The molecule has 4 rings (SSSR count). The molecule has 3 aromatic rings. The summed E-state index contributed by atoms with van der Waals surface area (Å²) < 4.78 is 5.18. The first kappa shape index (κ1) is 16.3. The molecule has 2 heterocycles. The molecule has 26 heavy (non-hydrogen) atoms. The molecule has 1 N–H and O–H groups in total. The summed E-state index contributed by atoms with van der Waals surface area (Å²) in [7, 11) is 0. The molecule has 5 heteroatoms. The van der Waals surface area contributed by atoms with Crippen molar-refractivity contribution in [2.24, 2.45) is 0 Å². The van der Waals surface area contributed by atoms with Crippen molar-refractivity contribution in [1.29, 1.82) is 0 Å². The zero-order valence-electron chi connectivity index (χ0n) is 14.5. The van der Waals surface area contributed by atoms with E-state index in [4.69, 9.17) is 4.42 Å². The molecule has 0 radical (unpaired) electrons. The van der Waals surface area contributed by atoms with Crippen molar-refractivity contribution in [1.82, 2.24) is 0 Å². The van der Waals surface area contributed by atoms with Crippen LogP contribution in [0.5, 0.6) is 0 Å². The van der Waals surface area contributed by atoms with Gasteiger partial charge in [0.25, 0.3) is 5.91 Å². The molecule has 1 aromatic heterocycles. The van der Waals surface area contributed by atoms with E-state index in [2.05, 4.69) is 45.4 Å². The van der Waals surface area contributed by atoms with Crippen LogP contribution >= 0.6 is 0 Å². The number of hydrogen-bond acceptors (Lipinski definition) is 4. The van der Waals surface area contributed by atoms with Crippen LogP contribution in [-0.4, -0.2) is 32.1 Å². The van der Waals surface area contributed by atoms with Gasteiger partial charge in [0.2, 0.25) is 0 Å². The van der Waals surface area contributed by atoms with Gasteiger partial charge in [-0.3, -0.25) is 4.79 Å². The van der Waals surface area contributed by atoms with Crippen LogP contribution < -0.4 is 15.1 Å². The van der Waals surface area contributed by atoms with Crippen molar-refractivity contribution in [2.45, 2.75) is 0 Å². The molecule has 132 valence electrons. The van der Waals surface area contributed by atoms with Crippen LogP contribution in [0.2, 0.25) is 0 Å². The first-order chi connectivity index (χ1) is 12.8. The predicted molar refractivity (Wildman–Crippen MR) is 104 cm³/mol. The van der Waals surface area contributed by atoms with E-state index in [1.807, 2.05) is 24.3 Å². The SMILES string of the molecule is O=C(Nc1ccccc1N1CCN(c2ccccc2)CC1)c1ccco1. The standard InChI is InChI=1S/C21H21N3O2/c25-21(20-11-6-16-26-20)22-18-9-4-5-10-19(18)24-14-12-23(13-15-24)17-7-2-1-3-8-17/h1-11,16H,12-15H2,(H,22,25). The number of rotatable bonds is 4. The summed E-state index contributed by atoms with van der Waals surface area (Å²) in [5.41, 5.74) is 3.11. The molecular formula is C21H21N3O2. The van der Waals surface area contributed by atoms with Gasteiger partial charge in [0.15, 0.2) is 5.76 Å². The zero-order chi connectivity index (χ0) is 17.8. The van der Waals surface area contributed by atoms with Crippen LogP contribution in [0, 0.1) is 0 Å². The highest BCUT2D eigenvalue weighted by Crippen LogP contribution is 2.28. The number of hydrogen-bond donors (Lipinski definition) is 1. The fourth-order valence-electron chi connectivity index (χ4n) is 3.29. The maximum Gasteiger partial charge on any atom is 0.291 e. The minimum Gasteiger partial charge on any atom is -0.459 e. The van der Waals surface area contributed by atoms with Crippen molar-refractivity contribution in [3.63, 3.8) is 0 Å². The average Bonchev–Trinajstić information content (AvgIpc) is 3.24. The van der Waals surface area contributed by atoms with Gasteiger partial charge in [0.1, 0.15) is 0 Å². The molecule has 0 bridgehead atoms. The molecular weight excluding hydrogens is 326 g/mol. The lowest BCUT2D eigenvalue weighted by Crippen LogP contribution is -2.46. The van der Waals surface area contributed by atoms with Gasteiger partial charge >= 0.3 is 0 Å². The highest BCUT2D eigenvalue weighted by Gasteiger charge is 2.20. The molecule has 1 aliphatic heterocycles. The Kier molecular flexibility index (Phi) is 4.60. The van der Waals surface area contributed by atoms with Crippen molar-refractivity contribution in [2.75, 3.05) is 41.3 Å². The summed E-state index contributed by atoms with van der Waals surface area (Å²) in [6, 6.07) is 21.8. The smallest absolute Gasteiger partial charge is 0.291 e. The number of amides is 1. The maximum atomic E-state index is 12.3. The third-order valence-electron chi connectivity index (χ3n) is 4.64. The lowest BCUT2D eigenvalue weighted by molar-refractivity contribution is 0.0996. The second-order valence-electron chi connectivity index (χ2n) is 6.26. The van der Waals surface area contributed by atoms with E-state index in [9.17, 15) is 4.79 Å². The minimum atomic E-state index is -0.231. The van der Waals surface area contributed by atoms with Crippen LogP contribution in [-0.2, 0) is 0 Å². The number of anilines is 3. The molecule has 2 aromatic carbocycles. The highest BCUT2D eigenvalue weighted by molar-refractivity contribution is 6.04. The van der Waals surface area contributed by atoms with E-state index < -0.39 is 0 Å². The van der Waals surface area contributed by atoms with E-state index in [1.54, 1.807) is 12.1 Å². The molecule has 0 aliphatic carbocycles. The Hall–Kier alpha value is -3.21. The Morgan fingerprint density at radius 3 is 2.23 bits per heavy atom. The summed E-state index contributed by atoms with van der Waals surface area (Å²) in [5.74, 6) is 0.0825. The summed E-state index contributed by atoms with van der Waals surface area (Å²) in [6.07, 6.45) is 1.50. The molecule has 0 unspecified atom stereocenters. The van der Waals surface area contributed by atoms with Crippen LogP contribution in [0.1, 0.15) is 10.6 Å². The third-order valence-corrected chi connectivity index (χ3v) is 4.64. The molecule has 0 spiro atoms. The predicted octanol–water partition coefficient (Wildman–Crippen LogP) is 3.86. The Balaban J connectivity index is 1.46. The van der Waals surface area contributed by atoms with Gasteiger partial charge < -0.3 is 19.5 Å².